The van der Waals surface area contributed by atoms with Gasteiger partial charge in [0.1, 0.15) is 0 Å². The number of hydrogen-bond donors (Lipinski definition) is 1. The van der Waals surface area contributed by atoms with Gasteiger partial charge in [-0.1, -0.05) is 82.8 Å². The first-order chi connectivity index (χ1) is 16.2. The van der Waals surface area contributed by atoms with Crippen LogP contribution in [0.15, 0.2) is 66.7 Å². The molecule has 0 radical (unpaired) electrons. The quantitative estimate of drug-likeness (QED) is 0.211. The number of carbonyl (C=O) groups is 2. The molecular formula is C25H16Cl4N2O3. The molecule has 0 aliphatic rings. The molecule has 1 unspecified atom stereocenters. The third kappa shape index (κ3) is 5.13. The summed E-state index contributed by atoms with van der Waals surface area (Å²) >= 11 is 24.4. The number of anilines is 1. The Hall–Kier alpha value is -2.83. The second kappa shape index (κ2) is 10.2. The first kappa shape index (κ1) is 24.3. The van der Waals surface area contributed by atoms with Crippen LogP contribution in [-0.4, -0.2) is 23.0 Å². The predicted octanol–water partition coefficient (Wildman–Crippen LogP) is 7.70. The van der Waals surface area contributed by atoms with Gasteiger partial charge in [-0.3, -0.25) is 4.79 Å². The second-order valence-electron chi connectivity index (χ2n) is 7.34. The minimum absolute atomic E-state index is 0.200. The molecule has 9 heteroatoms. The standard InChI is InChI=1S/C25H16Cl4N2O3/c1-13(24(32)31-23-12-19(28)18(27)11-20(23)29)34-25(33)16-10-22(15-7-2-4-8-17(15)26)30-21-9-5-3-6-14(16)21/h2-13H,1H3,(H,31,32). The van der Waals surface area contributed by atoms with Crippen LogP contribution in [0.5, 0.6) is 0 Å². The van der Waals surface area contributed by atoms with Crippen LogP contribution >= 0.6 is 46.4 Å². The number of carbonyl (C=O) groups excluding carboxylic acids is 2. The molecule has 172 valence electrons. The number of fused-ring (bicyclic) bond motifs is 1. The number of nitrogens with one attached hydrogen (secondary N) is 1. The van der Waals surface area contributed by atoms with Gasteiger partial charge in [0.2, 0.25) is 0 Å². The van der Waals surface area contributed by atoms with Crippen molar-refractivity contribution in [1.82, 2.24) is 4.98 Å². The molecule has 0 aliphatic heterocycles. The zero-order chi connectivity index (χ0) is 24.4. The largest absolute Gasteiger partial charge is 0.449 e. The lowest BCUT2D eigenvalue weighted by Gasteiger charge is -2.16. The van der Waals surface area contributed by atoms with E-state index in [9.17, 15) is 9.59 Å². The Kier molecular flexibility index (Phi) is 7.29. The van der Waals surface area contributed by atoms with Crippen LogP contribution in [0.3, 0.4) is 0 Å². The Balaban J connectivity index is 1.62. The molecule has 1 amide bonds. The summed E-state index contributed by atoms with van der Waals surface area (Å²) in [4.78, 5) is 30.4. The fourth-order valence-electron chi connectivity index (χ4n) is 3.28. The maximum atomic E-state index is 13.1. The molecule has 3 aromatic carbocycles. The third-order valence-electron chi connectivity index (χ3n) is 5.01. The number of halogens is 4. The van der Waals surface area contributed by atoms with E-state index in [1.54, 1.807) is 30.3 Å². The predicted molar refractivity (Wildman–Crippen MR) is 137 cm³/mol. The highest BCUT2D eigenvalue weighted by atomic mass is 35.5. The van der Waals surface area contributed by atoms with Crippen LogP contribution in [0.1, 0.15) is 17.3 Å². The molecule has 0 saturated carbocycles. The highest BCUT2D eigenvalue weighted by molar-refractivity contribution is 6.44. The monoisotopic (exact) mass is 532 g/mol. The van der Waals surface area contributed by atoms with Crippen LogP contribution in [0.25, 0.3) is 22.2 Å². The molecule has 0 saturated heterocycles. The van der Waals surface area contributed by atoms with Gasteiger partial charge < -0.3 is 10.1 Å². The van der Waals surface area contributed by atoms with E-state index >= 15 is 0 Å². The Labute approximate surface area is 215 Å². The van der Waals surface area contributed by atoms with Crippen LogP contribution in [-0.2, 0) is 9.53 Å². The lowest BCUT2D eigenvalue weighted by atomic mass is 10.0. The van der Waals surface area contributed by atoms with E-state index in [-0.39, 0.29) is 26.3 Å². The summed E-state index contributed by atoms with van der Waals surface area (Å²) in [6, 6.07) is 18.8. The lowest BCUT2D eigenvalue weighted by Crippen LogP contribution is -2.30. The fourth-order valence-corrected chi connectivity index (χ4v) is 4.11. The van der Waals surface area contributed by atoms with Crippen molar-refractivity contribution >= 4 is 74.9 Å². The molecule has 0 bridgehead atoms. The number of hydrogen-bond acceptors (Lipinski definition) is 4. The first-order valence-electron chi connectivity index (χ1n) is 10.1. The molecule has 0 fully saturated rings. The van der Waals surface area contributed by atoms with Crippen LogP contribution < -0.4 is 5.32 Å². The normalized spacial score (nSPS) is 11.8. The van der Waals surface area contributed by atoms with Crippen molar-refractivity contribution in [1.29, 1.82) is 0 Å². The molecule has 5 nitrogen and oxygen atoms in total. The number of benzene rings is 3. The smallest absolute Gasteiger partial charge is 0.339 e. The summed E-state index contributed by atoms with van der Waals surface area (Å²) in [7, 11) is 0. The van der Waals surface area contributed by atoms with E-state index in [4.69, 9.17) is 51.1 Å². The summed E-state index contributed by atoms with van der Waals surface area (Å²) in [5.41, 5.74) is 2.28. The molecular weight excluding hydrogens is 518 g/mol. The molecule has 0 spiro atoms. The van der Waals surface area contributed by atoms with Gasteiger partial charge in [-0.05, 0) is 37.3 Å². The second-order valence-corrected chi connectivity index (χ2v) is 8.96. The summed E-state index contributed by atoms with van der Waals surface area (Å²) in [6.07, 6.45) is -1.13. The zero-order valence-electron chi connectivity index (χ0n) is 17.6. The summed E-state index contributed by atoms with van der Waals surface area (Å²) in [6.45, 7) is 1.46. The van der Waals surface area contributed by atoms with Gasteiger partial charge in [0.05, 0.1) is 37.5 Å². The third-order valence-corrected chi connectivity index (χ3v) is 6.37. The molecule has 4 rings (SSSR count). The van der Waals surface area contributed by atoms with Crippen LogP contribution in [0.2, 0.25) is 20.1 Å². The minimum Gasteiger partial charge on any atom is -0.449 e. The Morgan fingerprint density at radius 2 is 1.53 bits per heavy atom. The van der Waals surface area contributed by atoms with Crippen molar-refractivity contribution in [3.63, 3.8) is 0 Å². The highest BCUT2D eigenvalue weighted by Crippen LogP contribution is 2.33. The van der Waals surface area contributed by atoms with Crippen molar-refractivity contribution in [2.75, 3.05) is 5.32 Å². The minimum atomic E-state index is -1.13. The number of aromatic nitrogens is 1. The average Bonchev–Trinajstić information content (AvgIpc) is 2.82. The molecule has 0 aliphatic carbocycles. The van der Waals surface area contributed by atoms with Crippen molar-refractivity contribution in [2.24, 2.45) is 0 Å². The molecule has 4 aromatic rings. The van der Waals surface area contributed by atoms with Gasteiger partial charge in [0.15, 0.2) is 6.10 Å². The number of para-hydroxylation sites is 1. The van der Waals surface area contributed by atoms with Crippen molar-refractivity contribution in [2.45, 2.75) is 13.0 Å². The molecule has 1 atom stereocenters. The van der Waals surface area contributed by atoms with E-state index < -0.39 is 18.0 Å². The summed E-state index contributed by atoms with van der Waals surface area (Å²) < 4.78 is 5.48. The number of nitrogens with zero attached hydrogens (tertiary/aromatic N) is 1. The molecule has 1 aromatic heterocycles. The van der Waals surface area contributed by atoms with Crippen LogP contribution in [0.4, 0.5) is 5.69 Å². The number of esters is 1. The summed E-state index contributed by atoms with van der Waals surface area (Å²) in [5.74, 6) is -1.27. The Morgan fingerprint density at radius 3 is 2.29 bits per heavy atom. The van der Waals surface area contributed by atoms with E-state index in [0.717, 1.165) is 0 Å². The van der Waals surface area contributed by atoms with E-state index in [2.05, 4.69) is 10.3 Å². The zero-order valence-corrected chi connectivity index (χ0v) is 20.6. The number of amides is 1. The van der Waals surface area contributed by atoms with E-state index in [1.165, 1.54) is 19.1 Å². The number of ether oxygens (including phenoxy) is 1. The number of rotatable bonds is 5. The van der Waals surface area contributed by atoms with Gasteiger partial charge in [-0.25, -0.2) is 9.78 Å². The first-order valence-corrected chi connectivity index (χ1v) is 11.6. The fraction of sp³-hybridized carbons (Fsp3) is 0.0800. The highest BCUT2D eigenvalue weighted by Gasteiger charge is 2.23. The molecule has 34 heavy (non-hydrogen) atoms. The van der Waals surface area contributed by atoms with Gasteiger partial charge in [0, 0.05) is 16.0 Å². The maximum absolute atomic E-state index is 13.1. The molecule has 1 heterocycles. The average molecular weight is 534 g/mol. The molecule has 1 N–H and O–H groups in total. The van der Waals surface area contributed by atoms with Crippen molar-refractivity contribution in [3.05, 3.63) is 92.4 Å². The Bertz CT molecular complexity index is 1420. The van der Waals surface area contributed by atoms with Gasteiger partial charge >= 0.3 is 5.97 Å². The van der Waals surface area contributed by atoms with Gasteiger partial charge in [-0.2, -0.15) is 0 Å². The Morgan fingerprint density at radius 1 is 0.853 bits per heavy atom. The van der Waals surface area contributed by atoms with E-state index in [0.29, 0.717) is 27.2 Å². The topological polar surface area (TPSA) is 68.3 Å². The maximum Gasteiger partial charge on any atom is 0.339 e. The SMILES string of the molecule is CC(OC(=O)c1cc(-c2ccccc2Cl)nc2ccccc12)C(=O)Nc1cc(Cl)c(Cl)cc1Cl. The van der Waals surface area contributed by atoms with Crippen molar-refractivity contribution in [3.8, 4) is 11.3 Å². The van der Waals surface area contributed by atoms with Crippen molar-refractivity contribution < 1.29 is 14.3 Å². The van der Waals surface area contributed by atoms with Gasteiger partial charge in [-0.15, -0.1) is 0 Å². The summed E-state index contributed by atoms with van der Waals surface area (Å²) in [5, 5.41) is 4.35. The number of pyridine rings is 1. The van der Waals surface area contributed by atoms with Crippen LogP contribution in [0, 0.1) is 0 Å². The lowest BCUT2D eigenvalue weighted by molar-refractivity contribution is -0.123. The van der Waals surface area contributed by atoms with E-state index in [1.807, 2.05) is 24.3 Å². The van der Waals surface area contributed by atoms with Gasteiger partial charge in [0.25, 0.3) is 5.91 Å².